The fraction of sp³-hybridized carbons (Fsp3) is 0.462. The number of benzene rings is 1. The van der Waals surface area contributed by atoms with Crippen LogP contribution in [0.5, 0.6) is 0 Å². The van der Waals surface area contributed by atoms with Gasteiger partial charge in [0.25, 0.3) is 0 Å². The monoisotopic (exact) mass is 290 g/mol. The van der Waals surface area contributed by atoms with Gasteiger partial charge in [0.05, 0.1) is 10.4 Å². The van der Waals surface area contributed by atoms with Gasteiger partial charge in [0, 0.05) is 5.02 Å². The molecule has 1 N–H and O–H groups in total. The normalized spacial score (nSPS) is 18.6. The van der Waals surface area contributed by atoms with Crippen LogP contribution < -0.4 is 0 Å². The largest absolute Gasteiger partial charge is 0.481 e. The SMILES string of the molecule is O=C(O)C1(c2cc(Cl)cc(F)c2Cl)CCCCC1. The van der Waals surface area contributed by atoms with Crippen LogP contribution in [0.2, 0.25) is 10.0 Å². The van der Waals surface area contributed by atoms with E-state index in [0.29, 0.717) is 18.4 Å². The summed E-state index contributed by atoms with van der Waals surface area (Å²) in [5.74, 6) is -1.61. The predicted octanol–water partition coefficient (Wildman–Crippen LogP) is 4.42. The summed E-state index contributed by atoms with van der Waals surface area (Å²) in [5.41, 5.74) is -0.789. The molecule has 5 heteroatoms. The van der Waals surface area contributed by atoms with E-state index in [1.165, 1.54) is 6.07 Å². The lowest BCUT2D eigenvalue weighted by atomic mass is 9.69. The Hall–Kier alpha value is -0.800. The van der Waals surface area contributed by atoms with Crippen molar-refractivity contribution >= 4 is 29.2 Å². The highest BCUT2D eigenvalue weighted by atomic mass is 35.5. The van der Waals surface area contributed by atoms with Crippen LogP contribution in [0.1, 0.15) is 37.7 Å². The lowest BCUT2D eigenvalue weighted by Crippen LogP contribution is -2.38. The molecule has 1 aromatic rings. The number of carboxylic acid groups (broad SMARTS) is 1. The van der Waals surface area contributed by atoms with Crippen LogP contribution in [-0.4, -0.2) is 11.1 Å². The first-order valence-electron chi connectivity index (χ1n) is 5.86. The molecule has 0 spiro atoms. The maximum atomic E-state index is 13.6. The third-order valence-corrected chi connectivity index (χ3v) is 4.23. The van der Waals surface area contributed by atoms with Crippen molar-refractivity contribution < 1.29 is 14.3 Å². The average Bonchev–Trinajstić information content (AvgIpc) is 2.34. The molecule has 0 unspecified atom stereocenters. The molecule has 18 heavy (non-hydrogen) atoms. The molecule has 1 aliphatic carbocycles. The van der Waals surface area contributed by atoms with Crippen molar-refractivity contribution in [2.45, 2.75) is 37.5 Å². The van der Waals surface area contributed by atoms with Gasteiger partial charge in [-0.2, -0.15) is 0 Å². The topological polar surface area (TPSA) is 37.3 Å². The Kier molecular flexibility index (Phi) is 3.83. The standard InChI is InChI=1S/C13H13Cl2FO2/c14-8-6-9(11(15)10(16)7-8)13(12(17)18)4-2-1-3-5-13/h6-7H,1-5H2,(H,17,18). The Morgan fingerprint density at radius 2 is 1.83 bits per heavy atom. The number of aliphatic carboxylic acids is 1. The van der Waals surface area contributed by atoms with Gasteiger partial charge in [-0.15, -0.1) is 0 Å². The molecule has 0 saturated heterocycles. The molecular weight excluding hydrogens is 278 g/mol. The number of hydrogen-bond donors (Lipinski definition) is 1. The molecule has 0 heterocycles. The van der Waals surface area contributed by atoms with E-state index in [1.807, 2.05) is 0 Å². The summed E-state index contributed by atoms with van der Waals surface area (Å²) in [6, 6.07) is 2.58. The Morgan fingerprint density at radius 1 is 1.22 bits per heavy atom. The second-order valence-corrected chi connectivity index (χ2v) is 5.51. The summed E-state index contributed by atoms with van der Waals surface area (Å²) in [6.45, 7) is 0. The summed E-state index contributed by atoms with van der Waals surface area (Å²) in [5, 5.41) is 9.58. The summed E-state index contributed by atoms with van der Waals surface area (Å²) in [4.78, 5) is 11.6. The molecular formula is C13H13Cl2FO2. The zero-order valence-corrected chi connectivity index (χ0v) is 11.2. The van der Waals surface area contributed by atoms with Crippen molar-refractivity contribution in [3.63, 3.8) is 0 Å². The number of rotatable bonds is 2. The van der Waals surface area contributed by atoms with E-state index >= 15 is 0 Å². The molecule has 1 saturated carbocycles. The first kappa shape index (κ1) is 13.6. The first-order chi connectivity index (χ1) is 8.47. The van der Waals surface area contributed by atoms with Crippen molar-refractivity contribution in [3.05, 3.63) is 33.6 Å². The van der Waals surface area contributed by atoms with Gasteiger partial charge in [-0.25, -0.2) is 4.39 Å². The van der Waals surface area contributed by atoms with Crippen LogP contribution in [0, 0.1) is 5.82 Å². The Labute approximate surface area is 115 Å². The highest BCUT2D eigenvalue weighted by Crippen LogP contribution is 2.44. The van der Waals surface area contributed by atoms with Crippen LogP contribution in [-0.2, 0) is 10.2 Å². The van der Waals surface area contributed by atoms with Gasteiger partial charge in [-0.1, -0.05) is 42.5 Å². The van der Waals surface area contributed by atoms with E-state index in [4.69, 9.17) is 23.2 Å². The number of hydrogen-bond acceptors (Lipinski definition) is 1. The first-order valence-corrected chi connectivity index (χ1v) is 6.61. The molecule has 2 rings (SSSR count). The smallest absolute Gasteiger partial charge is 0.314 e. The van der Waals surface area contributed by atoms with E-state index in [1.54, 1.807) is 0 Å². The molecule has 0 atom stereocenters. The van der Waals surface area contributed by atoms with Gasteiger partial charge >= 0.3 is 5.97 Å². The van der Waals surface area contributed by atoms with Crippen molar-refractivity contribution in [3.8, 4) is 0 Å². The van der Waals surface area contributed by atoms with Crippen molar-refractivity contribution in [1.29, 1.82) is 0 Å². The van der Waals surface area contributed by atoms with Crippen LogP contribution in [0.4, 0.5) is 4.39 Å². The molecule has 0 aliphatic heterocycles. The third-order valence-electron chi connectivity index (χ3n) is 3.63. The number of carboxylic acids is 1. The van der Waals surface area contributed by atoms with Gasteiger partial charge in [0.1, 0.15) is 5.82 Å². The summed E-state index contributed by atoms with van der Waals surface area (Å²) in [6.07, 6.45) is 3.55. The second-order valence-electron chi connectivity index (χ2n) is 4.70. The van der Waals surface area contributed by atoms with Crippen LogP contribution >= 0.6 is 23.2 Å². The highest BCUT2D eigenvalue weighted by molar-refractivity contribution is 6.34. The average molecular weight is 291 g/mol. The van der Waals surface area contributed by atoms with Crippen molar-refractivity contribution in [2.75, 3.05) is 0 Å². The Balaban J connectivity index is 2.59. The molecule has 0 bridgehead atoms. The Morgan fingerprint density at radius 3 is 2.39 bits per heavy atom. The van der Waals surface area contributed by atoms with E-state index in [-0.39, 0.29) is 10.0 Å². The van der Waals surface area contributed by atoms with Gasteiger partial charge in [-0.3, -0.25) is 4.79 Å². The van der Waals surface area contributed by atoms with Gasteiger partial charge in [-0.05, 0) is 30.5 Å². The molecule has 0 aromatic heterocycles. The third kappa shape index (κ3) is 2.21. The summed E-state index contributed by atoms with van der Waals surface area (Å²) in [7, 11) is 0. The molecule has 1 aromatic carbocycles. The van der Waals surface area contributed by atoms with Gasteiger partial charge < -0.3 is 5.11 Å². The summed E-state index contributed by atoms with van der Waals surface area (Å²) < 4.78 is 13.6. The minimum atomic E-state index is -1.10. The van der Waals surface area contributed by atoms with Crippen molar-refractivity contribution in [2.24, 2.45) is 0 Å². The van der Waals surface area contributed by atoms with Crippen molar-refractivity contribution in [1.82, 2.24) is 0 Å². The van der Waals surface area contributed by atoms with Gasteiger partial charge in [0.15, 0.2) is 0 Å². The summed E-state index contributed by atoms with van der Waals surface area (Å²) >= 11 is 11.8. The quantitative estimate of drug-likeness (QED) is 0.819. The predicted molar refractivity (Wildman–Crippen MR) is 68.8 cm³/mol. The molecule has 2 nitrogen and oxygen atoms in total. The van der Waals surface area contributed by atoms with Crippen LogP contribution in [0.3, 0.4) is 0 Å². The molecule has 98 valence electrons. The van der Waals surface area contributed by atoms with E-state index < -0.39 is 17.2 Å². The lowest BCUT2D eigenvalue weighted by Gasteiger charge is -2.34. The van der Waals surface area contributed by atoms with Crippen LogP contribution in [0.25, 0.3) is 0 Å². The Bertz CT molecular complexity index is 482. The highest BCUT2D eigenvalue weighted by Gasteiger charge is 2.43. The van der Waals surface area contributed by atoms with Crippen LogP contribution in [0.15, 0.2) is 12.1 Å². The minimum absolute atomic E-state index is 0.122. The zero-order valence-electron chi connectivity index (χ0n) is 9.68. The minimum Gasteiger partial charge on any atom is -0.481 e. The van der Waals surface area contributed by atoms with E-state index in [0.717, 1.165) is 25.3 Å². The fourth-order valence-electron chi connectivity index (χ4n) is 2.66. The number of carbonyl (C=O) groups is 1. The van der Waals surface area contributed by atoms with E-state index in [9.17, 15) is 14.3 Å². The maximum Gasteiger partial charge on any atom is 0.314 e. The molecule has 0 amide bonds. The fourth-order valence-corrected chi connectivity index (χ4v) is 3.15. The van der Waals surface area contributed by atoms with E-state index in [2.05, 4.69) is 0 Å². The maximum absolute atomic E-state index is 13.6. The molecule has 1 aliphatic rings. The zero-order chi connectivity index (χ0) is 13.3. The lowest BCUT2D eigenvalue weighted by molar-refractivity contribution is -0.145. The molecule has 0 radical (unpaired) electrons. The van der Waals surface area contributed by atoms with Gasteiger partial charge in [0.2, 0.25) is 0 Å². The second kappa shape index (κ2) is 5.06. The number of halogens is 3. The molecule has 1 fully saturated rings.